The molecule has 0 saturated carbocycles. The zero-order chi connectivity index (χ0) is 20.2. The van der Waals surface area contributed by atoms with E-state index in [0.29, 0.717) is 51.8 Å². The fraction of sp³-hybridized carbons (Fsp3) is 0.938. The molecule has 0 amide bonds. The first-order valence-electron chi connectivity index (χ1n) is 9.35. The normalized spacial score (nSPS) is 24.1. The molecule has 0 spiro atoms. The Morgan fingerprint density at radius 3 is 2.32 bits per heavy atom. The number of guanidine groups is 1. The summed E-state index contributed by atoms with van der Waals surface area (Å²) in [7, 11) is -3.25. The minimum absolute atomic E-state index is 0. The molecular weight excluding hydrogens is 510 g/mol. The molecule has 2 heterocycles. The van der Waals surface area contributed by atoms with Crippen LogP contribution in [-0.2, 0) is 10.0 Å². The Bertz CT molecular complexity index is 624. The van der Waals surface area contributed by atoms with E-state index in [-0.39, 0.29) is 30.0 Å². The van der Waals surface area contributed by atoms with Gasteiger partial charge in [0.25, 0.3) is 0 Å². The Kier molecular flexibility index (Phi) is 9.74. The molecule has 0 aromatic rings. The van der Waals surface area contributed by atoms with Crippen LogP contribution in [0.4, 0.5) is 13.2 Å². The topological polar surface area (TPSA) is 68.2 Å². The van der Waals surface area contributed by atoms with Crippen molar-refractivity contribution in [3.63, 3.8) is 0 Å². The standard InChI is InChI=1S/C16H30F3N5O2S.HI/c1-4-20-15(21-12-14-6-5-7-24(14)27(3,25)26)23-10-8-22(9-11-23)13(2)16(17,18)19;/h13-14H,4-12H2,1-3H3,(H,20,21);1H/t13?,14-;/m1./s1. The van der Waals surface area contributed by atoms with Crippen LogP contribution in [-0.4, -0.2) is 98.8 Å². The molecule has 0 radical (unpaired) electrons. The number of halogens is 4. The number of nitrogens with zero attached hydrogens (tertiary/aromatic N) is 4. The van der Waals surface area contributed by atoms with Gasteiger partial charge >= 0.3 is 6.18 Å². The molecule has 0 aromatic heterocycles. The highest BCUT2D eigenvalue weighted by molar-refractivity contribution is 14.0. The van der Waals surface area contributed by atoms with Gasteiger partial charge in [0.05, 0.1) is 12.8 Å². The molecule has 2 saturated heterocycles. The average molecular weight is 541 g/mol. The van der Waals surface area contributed by atoms with Crippen molar-refractivity contribution < 1.29 is 21.6 Å². The number of hydrogen-bond donors (Lipinski definition) is 1. The molecule has 1 unspecified atom stereocenters. The average Bonchev–Trinajstić information content (AvgIpc) is 3.06. The summed E-state index contributed by atoms with van der Waals surface area (Å²) in [6, 6.07) is -1.61. The van der Waals surface area contributed by atoms with Crippen LogP contribution >= 0.6 is 24.0 Å². The summed E-state index contributed by atoms with van der Waals surface area (Å²) in [5.74, 6) is 0.636. The number of aliphatic imine (C=N–C) groups is 1. The van der Waals surface area contributed by atoms with Crippen molar-refractivity contribution in [3.8, 4) is 0 Å². The van der Waals surface area contributed by atoms with Gasteiger partial charge in [-0.15, -0.1) is 24.0 Å². The first kappa shape index (κ1) is 25.7. The van der Waals surface area contributed by atoms with Crippen molar-refractivity contribution in [2.45, 2.75) is 44.9 Å². The van der Waals surface area contributed by atoms with E-state index >= 15 is 0 Å². The van der Waals surface area contributed by atoms with Gasteiger partial charge < -0.3 is 10.2 Å². The predicted octanol–water partition coefficient (Wildman–Crippen LogP) is 1.56. The molecule has 2 aliphatic heterocycles. The van der Waals surface area contributed by atoms with Crippen LogP contribution in [0.1, 0.15) is 26.7 Å². The second kappa shape index (κ2) is 10.6. The van der Waals surface area contributed by atoms with E-state index in [1.165, 1.54) is 22.4 Å². The molecule has 2 aliphatic rings. The van der Waals surface area contributed by atoms with E-state index < -0.39 is 22.2 Å². The number of nitrogens with one attached hydrogen (secondary N) is 1. The maximum absolute atomic E-state index is 12.9. The van der Waals surface area contributed by atoms with Crippen LogP contribution in [0, 0.1) is 0 Å². The second-order valence-corrected chi connectivity index (χ2v) is 9.04. The maximum atomic E-state index is 12.9. The monoisotopic (exact) mass is 541 g/mol. The fourth-order valence-corrected chi connectivity index (χ4v) is 4.75. The van der Waals surface area contributed by atoms with E-state index in [4.69, 9.17) is 0 Å². The van der Waals surface area contributed by atoms with E-state index in [1.54, 1.807) is 0 Å². The Balaban J connectivity index is 0.00000392. The Labute approximate surface area is 182 Å². The molecule has 0 aliphatic carbocycles. The molecule has 2 rings (SSSR count). The van der Waals surface area contributed by atoms with Crippen LogP contribution in [0.5, 0.6) is 0 Å². The lowest BCUT2D eigenvalue weighted by Gasteiger charge is -2.39. The summed E-state index contributed by atoms with van der Waals surface area (Å²) in [6.45, 7) is 6.15. The summed E-state index contributed by atoms with van der Waals surface area (Å²) >= 11 is 0. The van der Waals surface area contributed by atoms with Gasteiger partial charge in [0.15, 0.2) is 5.96 Å². The van der Waals surface area contributed by atoms with Gasteiger partial charge in [-0.05, 0) is 26.7 Å². The summed E-state index contributed by atoms with van der Waals surface area (Å²) in [4.78, 5) is 7.97. The van der Waals surface area contributed by atoms with Gasteiger partial charge in [-0.2, -0.15) is 17.5 Å². The summed E-state index contributed by atoms with van der Waals surface area (Å²) in [5, 5.41) is 3.17. The van der Waals surface area contributed by atoms with Crippen molar-refractivity contribution in [3.05, 3.63) is 0 Å². The van der Waals surface area contributed by atoms with Crippen molar-refractivity contribution in [2.75, 3.05) is 52.1 Å². The number of sulfonamides is 1. The zero-order valence-electron chi connectivity index (χ0n) is 16.6. The molecule has 12 heteroatoms. The molecule has 0 aromatic carbocycles. The lowest BCUT2D eigenvalue weighted by Crippen LogP contribution is -2.56. The van der Waals surface area contributed by atoms with Crippen LogP contribution < -0.4 is 5.32 Å². The summed E-state index contributed by atoms with van der Waals surface area (Å²) in [6.07, 6.45) is -1.43. The van der Waals surface area contributed by atoms with E-state index in [9.17, 15) is 21.6 Å². The summed E-state index contributed by atoms with van der Waals surface area (Å²) in [5.41, 5.74) is 0. The first-order valence-corrected chi connectivity index (χ1v) is 11.2. The van der Waals surface area contributed by atoms with E-state index in [2.05, 4.69) is 10.3 Å². The third-order valence-corrected chi connectivity index (χ3v) is 6.50. The van der Waals surface area contributed by atoms with Crippen molar-refractivity contribution >= 4 is 40.0 Å². The van der Waals surface area contributed by atoms with Crippen LogP contribution in [0.2, 0.25) is 0 Å². The third-order valence-electron chi connectivity index (χ3n) is 5.17. The van der Waals surface area contributed by atoms with Gasteiger partial charge in [-0.3, -0.25) is 9.89 Å². The SMILES string of the molecule is CCNC(=NC[C@H]1CCCN1S(C)(=O)=O)N1CCN(C(C)C(F)(F)F)CC1.I. The number of alkyl halides is 3. The van der Waals surface area contributed by atoms with Gasteiger partial charge in [-0.25, -0.2) is 8.42 Å². The summed E-state index contributed by atoms with van der Waals surface area (Å²) < 4.78 is 63.9. The minimum atomic E-state index is -4.22. The second-order valence-electron chi connectivity index (χ2n) is 7.10. The van der Waals surface area contributed by atoms with Crippen LogP contribution in [0.25, 0.3) is 0 Å². The molecule has 7 nitrogen and oxygen atoms in total. The molecule has 0 bridgehead atoms. The molecule has 2 atom stereocenters. The minimum Gasteiger partial charge on any atom is -0.357 e. The third kappa shape index (κ3) is 6.87. The number of hydrogen-bond acceptors (Lipinski definition) is 4. The molecule has 1 N–H and O–H groups in total. The van der Waals surface area contributed by atoms with Gasteiger partial charge in [0.1, 0.15) is 6.04 Å². The van der Waals surface area contributed by atoms with Gasteiger partial charge in [0, 0.05) is 45.3 Å². The van der Waals surface area contributed by atoms with Crippen LogP contribution in [0.15, 0.2) is 4.99 Å². The van der Waals surface area contributed by atoms with E-state index in [0.717, 1.165) is 12.8 Å². The highest BCUT2D eigenvalue weighted by atomic mass is 127. The fourth-order valence-electron chi connectivity index (χ4n) is 3.57. The zero-order valence-corrected chi connectivity index (χ0v) is 19.7. The molecule has 28 heavy (non-hydrogen) atoms. The van der Waals surface area contributed by atoms with Gasteiger partial charge in [0.2, 0.25) is 10.0 Å². The Morgan fingerprint density at radius 1 is 1.21 bits per heavy atom. The van der Waals surface area contributed by atoms with Crippen LogP contribution in [0.3, 0.4) is 0 Å². The number of rotatable bonds is 5. The van der Waals surface area contributed by atoms with E-state index in [1.807, 2.05) is 11.8 Å². The first-order chi connectivity index (χ1) is 12.5. The van der Waals surface area contributed by atoms with Gasteiger partial charge in [-0.1, -0.05) is 0 Å². The smallest absolute Gasteiger partial charge is 0.357 e. The predicted molar refractivity (Wildman–Crippen MR) is 115 cm³/mol. The Morgan fingerprint density at radius 2 is 1.82 bits per heavy atom. The highest BCUT2D eigenvalue weighted by Gasteiger charge is 2.41. The van der Waals surface area contributed by atoms with Crippen molar-refractivity contribution in [1.82, 2.24) is 19.4 Å². The molecular formula is C16H31F3IN5O2S. The van der Waals surface area contributed by atoms with Crippen molar-refractivity contribution in [1.29, 1.82) is 0 Å². The highest BCUT2D eigenvalue weighted by Crippen LogP contribution is 2.25. The lowest BCUT2D eigenvalue weighted by atomic mass is 10.2. The largest absolute Gasteiger partial charge is 0.403 e. The molecule has 2 fully saturated rings. The molecule has 166 valence electrons. The quantitative estimate of drug-likeness (QED) is 0.325. The Hall–Kier alpha value is -0.340. The van der Waals surface area contributed by atoms with Crippen molar-refractivity contribution in [2.24, 2.45) is 4.99 Å². The number of piperazine rings is 1. The lowest BCUT2D eigenvalue weighted by molar-refractivity contribution is -0.181. The maximum Gasteiger partial charge on any atom is 0.403 e.